The number of methoxy groups -OCH3 is 1. The first kappa shape index (κ1) is 22.7. The molecule has 0 bridgehead atoms. The van der Waals surface area contributed by atoms with Gasteiger partial charge in [-0.2, -0.15) is 0 Å². The number of carbonyl (C=O) groups excluding carboxylic acids is 2. The highest BCUT2D eigenvalue weighted by Gasteiger charge is 2.20. The molecule has 0 aliphatic heterocycles. The fourth-order valence-corrected chi connectivity index (χ4v) is 3.37. The Kier molecular flexibility index (Phi) is 7.75. The molecule has 3 aromatic carbocycles. The normalized spacial score (nSPS) is 11.3. The Morgan fingerprint density at radius 1 is 0.906 bits per heavy atom. The van der Waals surface area contributed by atoms with Gasteiger partial charge in [0.25, 0.3) is 11.8 Å². The van der Waals surface area contributed by atoms with Crippen molar-refractivity contribution in [2.24, 2.45) is 0 Å². The zero-order chi connectivity index (χ0) is 22.9. The lowest BCUT2D eigenvalue weighted by Crippen LogP contribution is -2.30. The second-order valence-corrected chi connectivity index (χ2v) is 7.13. The predicted molar refractivity (Wildman–Crippen MR) is 123 cm³/mol. The molecule has 0 spiro atoms. The summed E-state index contributed by atoms with van der Waals surface area (Å²) in [5, 5.41) is 5.64. The first-order valence-corrected chi connectivity index (χ1v) is 10.2. The first-order chi connectivity index (χ1) is 15.5. The van der Waals surface area contributed by atoms with Gasteiger partial charge in [0.05, 0.1) is 18.2 Å². The van der Waals surface area contributed by atoms with Gasteiger partial charge < -0.3 is 15.4 Å². The Balaban J connectivity index is 1.83. The second kappa shape index (κ2) is 10.9. The van der Waals surface area contributed by atoms with Gasteiger partial charge in [-0.05, 0) is 36.6 Å². The van der Waals surface area contributed by atoms with Crippen molar-refractivity contribution in [2.75, 3.05) is 13.7 Å². The van der Waals surface area contributed by atoms with E-state index in [2.05, 4.69) is 10.6 Å². The molecular formula is C26H25FN2O3. The van der Waals surface area contributed by atoms with E-state index >= 15 is 0 Å². The Bertz CT molecular complexity index is 1110. The molecule has 2 amide bonds. The van der Waals surface area contributed by atoms with Gasteiger partial charge in [-0.3, -0.25) is 9.59 Å². The lowest BCUT2D eigenvalue weighted by molar-refractivity contribution is -0.115. The molecule has 2 N–H and O–H groups in total. The van der Waals surface area contributed by atoms with Crippen molar-refractivity contribution in [1.82, 2.24) is 10.6 Å². The fraction of sp³-hybridized carbons (Fsp3) is 0.154. The van der Waals surface area contributed by atoms with Gasteiger partial charge in [-0.15, -0.1) is 0 Å². The molecule has 32 heavy (non-hydrogen) atoms. The van der Waals surface area contributed by atoms with Crippen LogP contribution in [0.5, 0.6) is 5.75 Å². The maximum Gasteiger partial charge on any atom is 0.259 e. The summed E-state index contributed by atoms with van der Waals surface area (Å²) in [6, 6.07) is 23.0. The van der Waals surface area contributed by atoms with Gasteiger partial charge in [0.15, 0.2) is 11.6 Å². The van der Waals surface area contributed by atoms with E-state index in [0.717, 1.165) is 5.56 Å². The first-order valence-electron chi connectivity index (χ1n) is 10.2. The van der Waals surface area contributed by atoms with Crippen LogP contribution in [0.15, 0.2) is 84.6 Å². The summed E-state index contributed by atoms with van der Waals surface area (Å²) in [5.74, 6) is -1.66. The van der Waals surface area contributed by atoms with E-state index in [1.54, 1.807) is 19.1 Å². The minimum absolute atomic E-state index is 0.0451. The van der Waals surface area contributed by atoms with Gasteiger partial charge in [0, 0.05) is 12.2 Å². The molecule has 0 fully saturated rings. The molecule has 0 atom stereocenters. The number of para-hydroxylation sites is 1. The van der Waals surface area contributed by atoms with Crippen LogP contribution in [0.25, 0.3) is 5.57 Å². The van der Waals surface area contributed by atoms with E-state index in [1.165, 1.54) is 25.3 Å². The summed E-state index contributed by atoms with van der Waals surface area (Å²) in [4.78, 5) is 25.9. The molecule has 5 nitrogen and oxygen atoms in total. The average molecular weight is 432 g/mol. The SMILES string of the molecule is COc1c(F)cccc1C(=O)N/C(C)=C(/C(=O)NCCc1ccccc1)c1ccccc1. The molecule has 0 aliphatic rings. The van der Waals surface area contributed by atoms with Crippen LogP contribution in [0.2, 0.25) is 0 Å². The van der Waals surface area contributed by atoms with E-state index in [4.69, 9.17) is 4.74 Å². The summed E-state index contributed by atoms with van der Waals surface area (Å²) in [5.41, 5.74) is 2.51. The average Bonchev–Trinajstić information content (AvgIpc) is 2.80. The van der Waals surface area contributed by atoms with Crippen LogP contribution in [-0.4, -0.2) is 25.5 Å². The molecule has 0 radical (unpaired) electrons. The monoisotopic (exact) mass is 432 g/mol. The number of ether oxygens (including phenoxy) is 1. The molecule has 3 rings (SSSR count). The molecule has 164 valence electrons. The Morgan fingerprint density at radius 2 is 1.56 bits per heavy atom. The Labute approximate surface area is 186 Å². The van der Waals surface area contributed by atoms with E-state index in [0.29, 0.717) is 29.8 Å². The highest BCUT2D eigenvalue weighted by Crippen LogP contribution is 2.23. The van der Waals surface area contributed by atoms with Crippen LogP contribution < -0.4 is 15.4 Å². The van der Waals surface area contributed by atoms with Gasteiger partial charge in [0.1, 0.15) is 0 Å². The largest absolute Gasteiger partial charge is 0.493 e. The molecule has 0 aliphatic carbocycles. The van der Waals surface area contributed by atoms with Crippen LogP contribution in [0.4, 0.5) is 4.39 Å². The second-order valence-electron chi connectivity index (χ2n) is 7.13. The molecule has 6 heteroatoms. The van der Waals surface area contributed by atoms with E-state index < -0.39 is 11.7 Å². The van der Waals surface area contributed by atoms with Crippen LogP contribution in [0.1, 0.15) is 28.4 Å². The molecule has 0 saturated carbocycles. The van der Waals surface area contributed by atoms with Crippen molar-refractivity contribution in [3.05, 3.63) is 107 Å². The molecule has 3 aromatic rings. The highest BCUT2D eigenvalue weighted by molar-refractivity contribution is 6.21. The molecule has 0 heterocycles. The topological polar surface area (TPSA) is 67.4 Å². The smallest absolute Gasteiger partial charge is 0.259 e. The quantitative estimate of drug-likeness (QED) is 0.520. The lowest BCUT2D eigenvalue weighted by Gasteiger charge is -2.15. The maximum atomic E-state index is 14.0. The third-order valence-electron chi connectivity index (χ3n) is 4.92. The van der Waals surface area contributed by atoms with Gasteiger partial charge in [-0.1, -0.05) is 66.7 Å². The number of halogens is 1. The van der Waals surface area contributed by atoms with Crippen LogP contribution in [0.3, 0.4) is 0 Å². The minimum atomic E-state index is -0.635. The molecular weight excluding hydrogens is 407 g/mol. The number of allylic oxidation sites excluding steroid dienone is 1. The van der Waals surface area contributed by atoms with E-state index in [1.807, 2.05) is 48.5 Å². The number of benzene rings is 3. The molecule has 0 aromatic heterocycles. The zero-order valence-corrected chi connectivity index (χ0v) is 18.0. The number of carbonyl (C=O) groups is 2. The minimum Gasteiger partial charge on any atom is -0.493 e. The predicted octanol–water partition coefficient (Wildman–Crippen LogP) is 4.35. The van der Waals surface area contributed by atoms with E-state index in [9.17, 15) is 14.0 Å². The third kappa shape index (κ3) is 5.60. The van der Waals surface area contributed by atoms with Crippen LogP contribution in [-0.2, 0) is 11.2 Å². The van der Waals surface area contributed by atoms with Crippen molar-refractivity contribution in [1.29, 1.82) is 0 Å². The fourth-order valence-electron chi connectivity index (χ4n) is 3.37. The number of hydrogen-bond donors (Lipinski definition) is 2. The van der Waals surface area contributed by atoms with Gasteiger partial charge in [0.2, 0.25) is 0 Å². The summed E-state index contributed by atoms with van der Waals surface area (Å²) in [6.45, 7) is 2.08. The van der Waals surface area contributed by atoms with Gasteiger partial charge in [-0.25, -0.2) is 4.39 Å². The Morgan fingerprint density at radius 3 is 2.22 bits per heavy atom. The van der Waals surface area contributed by atoms with Crippen molar-refractivity contribution >= 4 is 17.4 Å². The van der Waals surface area contributed by atoms with Crippen LogP contribution in [0, 0.1) is 5.82 Å². The number of rotatable bonds is 8. The van der Waals surface area contributed by atoms with Crippen LogP contribution >= 0.6 is 0 Å². The van der Waals surface area contributed by atoms with E-state index in [-0.39, 0.29) is 17.2 Å². The van der Waals surface area contributed by atoms with Crippen molar-refractivity contribution in [2.45, 2.75) is 13.3 Å². The molecule has 0 saturated heterocycles. The zero-order valence-electron chi connectivity index (χ0n) is 18.0. The summed E-state index contributed by atoms with van der Waals surface area (Å²) in [7, 11) is 1.30. The number of amides is 2. The third-order valence-corrected chi connectivity index (χ3v) is 4.92. The summed E-state index contributed by atoms with van der Waals surface area (Å²) in [6.07, 6.45) is 0.681. The number of hydrogen-bond acceptors (Lipinski definition) is 3. The highest BCUT2D eigenvalue weighted by atomic mass is 19.1. The van der Waals surface area contributed by atoms with Gasteiger partial charge >= 0.3 is 0 Å². The van der Waals surface area contributed by atoms with Crippen molar-refractivity contribution < 1.29 is 18.7 Å². The maximum absolute atomic E-state index is 14.0. The summed E-state index contributed by atoms with van der Waals surface area (Å²) < 4.78 is 19.0. The lowest BCUT2D eigenvalue weighted by atomic mass is 10.0. The van der Waals surface area contributed by atoms with Crippen molar-refractivity contribution in [3.63, 3.8) is 0 Å². The van der Waals surface area contributed by atoms with Crippen molar-refractivity contribution in [3.8, 4) is 5.75 Å². The standard InChI is InChI=1S/C26H25FN2O3/c1-18(29-25(30)21-14-9-15-22(27)24(21)32-2)23(20-12-7-4-8-13-20)26(31)28-17-16-19-10-5-3-6-11-19/h3-15H,16-17H2,1-2H3,(H,28,31)(H,29,30)/b23-18+. The molecule has 0 unspecified atom stereocenters. The number of nitrogens with one attached hydrogen (secondary N) is 2. The summed E-state index contributed by atoms with van der Waals surface area (Å²) >= 11 is 0. The Hall–Kier alpha value is -3.93.